The highest BCUT2D eigenvalue weighted by Crippen LogP contribution is 2.50. The predicted molar refractivity (Wildman–Crippen MR) is 71.6 cm³/mol. The summed E-state index contributed by atoms with van der Waals surface area (Å²) in [6, 6.07) is 0. The first-order valence-electron chi connectivity index (χ1n) is 7.21. The second-order valence-corrected chi connectivity index (χ2v) is 5.98. The molecule has 100 valence electrons. The summed E-state index contributed by atoms with van der Waals surface area (Å²) in [5.74, 6) is 2.42. The second kappa shape index (κ2) is 4.05. The highest BCUT2D eigenvalue weighted by atomic mass is 16.2. The first-order chi connectivity index (χ1) is 8.62. The molecule has 3 aliphatic rings. The third-order valence-corrected chi connectivity index (χ3v) is 5.02. The van der Waals surface area contributed by atoms with Crippen LogP contribution < -0.4 is 0 Å². The van der Waals surface area contributed by atoms with Crippen molar-refractivity contribution >= 4 is 11.7 Å². The predicted octanol–water partition coefficient (Wildman–Crippen LogP) is 1.37. The van der Waals surface area contributed by atoms with Gasteiger partial charge in [0.15, 0.2) is 0 Å². The number of carbonyl (C=O) groups excluding carboxylic acids is 1. The third-order valence-electron chi connectivity index (χ3n) is 5.02. The van der Waals surface area contributed by atoms with E-state index in [0.717, 1.165) is 38.3 Å². The SMILES string of the molecule is CCC1=N[C@]2(CC[C@H]3CN(C)C[C@H]32)C(=O)N1CC. The number of amidine groups is 1. The molecule has 3 atom stereocenters. The molecule has 2 heterocycles. The van der Waals surface area contributed by atoms with Gasteiger partial charge in [-0.25, -0.2) is 0 Å². The highest BCUT2D eigenvalue weighted by molar-refractivity contribution is 6.08. The van der Waals surface area contributed by atoms with Crippen LogP contribution >= 0.6 is 0 Å². The molecule has 0 radical (unpaired) electrons. The first-order valence-corrected chi connectivity index (χ1v) is 7.21. The van der Waals surface area contributed by atoms with Crippen molar-refractivity contribution in [3.8, 4) is 0 Å². The van der Waals surface area contributed by atoms with E-state index in [9.17, 15) is 4.79 Å². The number of likely N-dealkylation sites (N-methyl/N-ethyl adjacent to an activating group) is 1. The molecule has 0 aromatic carbocycles. The average Bonchev–Trinajstić information content (AvgIpc) is 2.95. The van der Waals surface area contributed by atoms with Crippen LogP contribution in [0, 0.1) is 11.8 Å². The minimum atomic E-state index is -0.392. The Morgan fingerprint density at radius 2 is 2.17 bits per heavy atom. The number of aliphatic imine (C=N–C) groups is 1. The van der Waals surface area contributed by atoms with Crippen molar-refractivity contribution < 1.29 is 4.79 Å². The summed E-state index contributed by atoms with van der Waals surface area (Å²) in [4.78, 5) is 22.0. The Labute approximate surface area is 109 Å². The lowest BCUT2D eigenvalue weighted by Crippen LogP contribution is -2.46. The van der Waals surface area contributed by atoms with Gasteiger partial charge in [-0.1, -0.05) is 6.92 Å². The standard InChI is InChI=1S/C14H23N3O/c1-4-12-15-14(13(18)17(12)5-2)7-6-10-8-16(3)9-11(10)14/h10-11H,4-9H2,1-3H3/t10-,11+,14-/m0/s1. The lowest BCUT2D eigenvalue weighted by atomic mass is 9.85. The van der Waals surface area contributed by atoms with Gasteiger partial charge in [0.05, 0.1) is 0 Å². The van der Waals surface area contributed by atoms with E-state index in [4.69, 9.17) is 4.99 Å². The minimum absolute atomic E-state index is 0.282. The molecule has 0 bridgehead atoms. The lowest BCUT2D eigenvalue weighted by molar-refractivity contribution is -0.132. The fourth-order valence-corrected chi connectivity index (χ4v) is 4.20. The van der Waals surface area contributed by atoms with Crippen LogP contribution in [-0.4, -0.2) is 53.8 Å². The fourth-order valence-electron chi connectivity index (χ4n) is 4.20. The maximum absolute atomic E-state index is 12.8. The van der Waals surface area contributed by atoms with Crippen molar-refractivity contribution in [2.45, 2.75) is 38.6 Å². The largest absolute Gasteiger partial charge is 0.306 e. The minimum Gasteiger partial charge on any atom is -0.306 e. The monoisotopic (exact) mass is 249 g/mol. The van der Waals surface area contributed by atoms with Crippen molar-refractivity contribution in [1.29, 1.82) is 0 Å². The Balaban J connectivity index is 1.96. The van der Waals surface area contributed by atoms with Crippen LogP contribution in [0.5, 0.6) is 0 Å². The van der Waals surface area contributed by atoms with Crippen LogP contribution in [0.15, 0.2) is 4.99 Å². The van der Waals surface area contributed by atoms with Gasteiger partial charge in [0, 0.05) is 32.0 Å². The molecule has 0 aromatic heterocycles. The van der Waals surface area contributed by atoms with E-state index in [-0.39, 0.29) is 5.91 Å². The molecule has 4 nitrogen and oxygen atoms in total. The van der Waals surface area contributed by atoms with Crippen LogP contribution in [-0.2, 0) is 4.79 Å². The molecule has 0 aromatic rings. The van der Waals surface area contributed by atoms with E-state index in [1.54, 1.807) is 0 Å². The van der Waals surface area contributed by atoms with E-state index < -0.39 is 5.54 Å². The molecular weight excluding hydrogens is 226 g/mol. The van der Waals surface area contributed by atoms with Gasteiger partial charge in [-0.15, -0.1) is 0 Å². The zero-order valence-corrected chi connectivity index (χ0v) is 11.6. The van der Waals surface area contributed by atoms with E-state index in [0.29, 0.717) is 11.8 Å². The summed E-state index contributed by atoms with van der Waals surface area (Å²) >= 11 is 0. The highest BCUT2D eigenvalue weighted by Gasteiger charge is 2.60. The van der Waals surface area contributed by atoms with Crippen molar-refractivity contribution in [2.24, 2.45) is 16.8 Å². The van der Waals surface area contributed by atoms with Gasteiger partial charge in [0.25, 0.3) is 5.91 Å². The second-order valence-electron chi connectivity index (χ2n) is 5.98. The van der Waals surface area contributed by atoms with Gasteiger partial charge in [0.2, 0.25) is 0 Å². The average molecular weight is 249 g/mol. The Morgan fingerprint density at radius 3 is 2.78 bits per heavy atom. The lowest BCUT2D eigenvalue weighted by Gasteiger charge is -2.27. The van der Waals surface area contributed by atoms with Crippen LogP contribution in [0.25, 0.3) is 0 Å². The molecule has 1 saturated carbocycles. The molecule has 0 N–H and O–H groups in total. The van der Waals surface area contributed by atoms with Crippen LogP contribution in [0.1, 0.15) is 33.1 Å². The Bertz CT molecular complexity index is 406. The molecule has 2 fully saturated rings. The Hall–Kier alpha value is -0.900. The number of fused-ring (bicyclic) bond motifs is 2. The number of nitrogens with zero attached hydrogens (tertiary/aromatic N) is 3. The molecule has 4 heteroatoms. The summed E-state index contributed by atoms with van der Waals surface area (Å²) in [5, 5.41) is 0. The van der Waals surface area contributed by atoms with Gasteiger partial charge in [-0.2, -0.15) is 0 Å². The zero-order valence-electron chi connectivity index (χ0n) is 11.6. The van der Waals surface area contributed by atoms with Gasteiger partial charge < -0.3 is 4.90 Å². The van der Waals surface area contributed by atoms with Gasteiger partial charge in [-0.3, -0.25) is 14.7 Å². The normalized spacial score (nSPS) is 39.8. The number of likely N-dealkylation sites (tertiary alicyclic amines) is 1. The molecule has 1 saturated heterocycles. The van der Waals surface area contributed by atoms with Crippen molar-refractivity contribution in [3.63, 3.8) is 0 Å². The van der Waals surface area contributed by atoms with Crippen molar-refractivity contribution in [3.05, 3.63) is 0 Å². The number of hydrogen-bond acceptors (Lipinski definition) is 3. The van der Waals surface area contributed by atoms with Crippen molar-refractivity contribution in [1.82, 2.24) is 9.80 Å². The smallest absolute Gasteiger partial charge is 0.256 e. The van der Waals surface area contributed by atoms with E-state index in [1.807, 2.05) is 4.90 Å². The summed E-state index contributed by atoms with van der Waals surface area (Å²) < 4.78 is 0. The molecule has 3 rings (SSSR count). The Kier molecular flexibility index (Phi) is 2.73. The third kappa shape index (κ3) is 1.41. The Morgan fingerprint density at radius 1 is 1.39 bits per heavy atom. The maximum atomic E-state index is 12.8. The van der Waals surface area contributed by atoms with Crippen LogP contribution in [0.2, 0.25) is 0 Å². The molecule has 0 unspecified atom stereocenters. The van der Waals surface area contributed by atoms with E-state index in [1.165, 1.54) is 6.42 Å². The molecule has 1 aliphatic carbocycles. The van der Waals surface area contributed by atoms with Crippen LogP contribution in [0.3, 0.4) is 0 Å². The van der Waals surface area contributed by atoms with Crippen LogP contribution in [0.4, 0.5) is 0 Å². The molecular formula is C14H23N3O. The maximum Gasteiger partial charge on any atom is 0.256 e. The number of amides is 1. The molecule has 1 amide bonds. The summed E-state index contributed by atoms with van der Waals surface area (Å²) in [7, 11) is 2.16. The molecule has 1 spiro atoms. The summed E-state index contributed by atoms with van der Waals surface area (Å²) in [5.41, 5.74) is -0.392. The quantitative estimate of drug-likeness (QED) is 0.741. The van der Waals surface area contributed by atoms with E-state index in [2.05, 4.69) is 25.8 Å². The summed E-state index contributed by atoms with van der Waals surface area (Å²) in [6.07, 6.45) is 3.00. The first kappa shape index (κ1) is 12.2. The topological polar surface area (TPSA) is 35.9 Å². The number of rotatable bonds is 2. The fraction of sp³-hybridized carbons (Fsp3) is 0.857. The van der Waals surface area contributed by atoms with Gasteiger partial charge >= 0.3 is 0 Å². The van der Waals surface area contributed by atoms with Gasteiger partial charge in [-0.05, 0) is 32.7 Å². The number of hydrogen-bond donors (Lipinski definition) is 0. The molecule has 18 heavy (non-hydrogen) atoms. The van der Waals surface area contributed by atoms with Crippen molar-refractivity contribution in [2.75, 3.05) is 26.7 Å². The zero-order chi connectivity index (χ0) is 12.9. The molecule has 2 aliphatic heterocycles. The van der Waals surface area contributed by atoms with E-state index >= 15 is 0 Å². The summed E-state index contributed by atoms with van der Waals surface area (Å²) in [6.45, 7) is 7.09. The number of carbonyl (C=O) groups is 1. The van der Waals surface area contributed by atoms with Gasteiger partial charge in [0.1, 0.15) is 11.4 Å².